The third-order valence-electron chi connectivity index (χ3n) is 8.63. The molecule has 214 valence electrons. The first-order valence-corrected chi connectivity index (χ1v) is 18.6. The van der Waals surface area contributed by atoms with Crippen molar-refractivity contribution in [3.05, 3.63) is 107 Å². The van der Waals surface area contributed by atoms with Crippen molar-refractivity contribution >= 4 is 24.5 Å². The first kappa shape index (κ1) is 28.5. The molecule has 5 heteroatoms. The first-order chi connectivity index (χ1) is 19.7. The van der Waals surface area contributed by atoms with E-state index in [0.29, 0.717) is 12.8 Å². The predicted molar refractivity (Wildman–Crippen MR) is 167 cm³/mol. The predicted octanol–water partition coefficient (Wildman–Crippen LogP) is 6.91. The molecule has 0 heterocycles. The molecule has 0 fully saturated rings. The van der Waals surface area contributed by atoms with Crippen LogP contribution in [0, 0.1) is 10.8 Å². The fourth-order valence-electron chi connectivity index (χ4n) is 6.35. The molecule has 4 nitrogen and oxygen atoms in total. The molecular formula is C37H38O4Ti. The quantitative estimate of drug-likeness (QED) is 0.208. The van der Waals surface area contributed by atoms with Gasteiger partial charge in [0.05, 0.1) is 0 Å². The summed E-state index contributed by atoms with van der Waals surface area (Å²) in [5, 5.41) is 0. The van der Waals surface area contributed by atoms with Crippen LogP contribution in [0.5, 0.6) is 0 Å². The minimum absolute atomic E-state index is 0.433. The number of carbonyl (C=O) groups excluding carboxylic acids is 2. The summed E-state index contributed by atoms with van der Waals surface area (Å²) >= 11 is -5.80. The van der Waals surface area contributed by atoms with Gasteiger partial charge in [-0.1, -0.05) is 0 Å². The molecule has 0 amide bonds. The second-order valence-electron chi connectivity index (χ2n) is 13.9. The normalized spacial score (nSPS) is 14.0. The van der Waals surface area contributed by atoms with E-state index in [1.807, 2.05) is 90.1 Å². The molecule has 0 aromatic heterocycles. The SMILES string of the molecule is [CH2]=[Ti]([O]C(=O)C(C)(C)C)([O]C(=O)C(C)(C)C)([c]1cccc2c1Cc1ccccc1-2)[c]1cccc2c1Cc1ccccc1-2. The standard InChI is InChI=1S/2C13H9.2C5H10O2.CH2.Ti/c2*1-3-7-12-10(5-1)9-11-6-2-4-8-13(11)12;2*1-5(2,3)4(6)7;;/h2*1-5,7-8H,9H2;2*1-3H3,(H,6,7);1H2;/q;;;;;+2/p-2. The van der Waals surface area contributed by atoms with E-state index in [2.05, 4.69) is 36.4 Å². The maximum absolute atomic E-state index is 14.1. The molecule has 6 rings (SSSR count). The van der Waals surface area contributed by atoms with Crippen LogP contribution in [0.15, 0.2) is 84.9 Å². The van der Waals surface area contributed by atoms with Crippen molar-refractivity contribution in [2.24, 2.45) is 10.8 Å². The Balaban J connectivity index is 1.73. The Bertz CT molecular complexity index is 1710. The number of rotatable bonds is 4. The van der Waals surface area contributed by atoms with E-state index < -0.39 is 38.4 Å². The molecule has 0 spiro atoms. The van der Waals surface area contributed by atoms with Gasteiger partial charge in [0.25, 0.3) is 0 Å². The van der Waals surface area contributed by atoms with Gasteiger partial charge < -0.3 is 0 Å². The van der Waals surface area contributed by atoms with E-state index >= 15 is 0 Å². The zero-order valence-electron chi connectivity index (χ0n) is 25.3. The molecule has 0 N–H and O–H groups in total. The Labute approximate surface area is 250 Å². The van der Waals surface area contributed by atoms with Gasteiger partial charge in [-0.15, -0.1) is 0 Å². The van der Waals surface area contributed by atoms with Crippen molar-refractivity contribution in [3.63, 3.8) is 0 Å². The van der Waals surface area contributed by atoms with Crippen LogP contribution in [0.1, 0.15) is 63.8 Å². The molecular weight excluding hydrogens is 556 g/mol. The van der Waals surface area contributed by atoms with Crippen molar-refractivity contribution in [1.82, 2.24) is 0 Å². The average Bonchev–Trinajstić information content (AvgIpc) is 3.50. The van der Waals surface area contributed by atoms with Crippen LogP contribution in [-0.4, -0.2) is 16.8 Å². The van der Waals surface area contributed by atoms with Gasteiger partial charge >= 0.3 is 251 Å². The van der Waals surface area contributed by atoms with E-state index in [0.717, 1.165) is 41.1 Å². The van der Waals surface area contributed by atoms with Crippen molar-refractivity contribution in [2.45, 2.75) is 54.4 Å². The molecule has 0 bridgehead atoms. The number of hydrogen-bond acceptors (Lipinski definition) is 4. The van der Waals surface area contributed by atoms with E-state index in [1.54, 1.807) is 0 Å². The Hall–Kier alpha value is -3.60. The van der Waals surface area contributed by atoms with Crippen molar-refractivity contribution in [2.75, 3.05) is 0 Å². The molecule has 0 unspecified atom stereocenters. The van der Waals surface area contributed by atoms with E-state index in [-0.39, 0.29) is 0 Å². The molecule has 42 heavy (non-hydrogen) atoms. The molecule has 0 aliphatic heterocycles. The third-order valence-corrected chi connectivity index (χ3v) is 15.4. The number of benzene rings is 4. The van der Waals surface area contributed by atoms with Crippen molar-refractivity contribution < 1.29 is 31.8 Å². The molecule has 0 atom stereocenters. The Morgan fingerprint density at radius 2 is 0.929 bits per heavy atom. The zero-order valence-corrected chi connectivity index (χ0v) is 26.9. The summed E-state index contributed by atoms with van der Waals surface area (Å²) < 4.78 is 15.3. The van der Waals surface area contributed by atoms with Crippen molar-refractivity contribution in [1.29, 1.82) is 0 Å². The van der Waals surface area contributed by atoms with E-state index in [9.17, 15) is 9.59 Å². The Kier molecular flexibility index (Phi) is 6.42. The molecule has 0 saturated carbocycles. The molecule has 2 aliphatic carbocycles. The average molecular weight is 595 g/mol. The first-order valence-electron chi connectivity index (χ1n) is 14.6. The van der Waals surface area contributed by atoms with Gasteiger partial charge in [-0.3, -0.25) is 0 Å². The zero-order chi connectivity index (χ0) is 30.1. The number of fused-ring (bicyclic) bond motifs is 6. The van der Waals surface area contributed by atoms with Crippen LogP contribution in [0.25, 0.3) is 22.3 Å². The monoisotopic (exact) mass is 594 g/mol. The van der Waals surface area contributed by atoms with Crippen molar-refractivity contribution in [3.8, 4) is 22.3 Å². The second kappa shape index (κ2) is 9.46. The summed E-state index contributed by atoms with van der Waals surface area (Å²) in [6.45, 7) is 11.0. The summed E-state index contributed by atoms with van der Waals surface area (Å²) in [6.07, 6.45) is 1.29. The van der Waals surface area contributed by atoms with Crippen LogP contribution in [0.4, 0.5) is 0 Å². The van der Waals surface area contributed by atoms with Crippen LogP contribution >= 0.6 is 0 Å². The van der Waals surface area contributed by atoms with Crippen LogP contribution < -0.4 is 7.74 Å². The fraction of sp³-hybridized carbons (Fsp3) is 0.270. The fourth-order valence-corrected chi connectivity index (χ4v) is 13.7. The number of hydrogen-bond donors (Lipinski definition) is 0. The Morgan fingerprint density at radius 1 is 0.571 bits per heavy atom. The van der Waals surface area contributed by atoms with Gasteiger partial charge in [-0.05, 0) is 0 Å². The van der Waals surface area contributed by atoms with Gasteiger partial charge in [0.15, 0.2) is 0 Å². The molecule has 2 aliphatic rings. The second-order valence-corrected chi connectivity index (χ2v) is 20.1. The summed E-state index contributed by atoms with van der Waals surface area (Å²) in [4.78, 5) is 33.1. The minimum atomic E-state index is -5.80. The molecule has 0 radical (unpaired) electrons. The van der Waals surface area contributed by atoms with E-state index in [4.69, 9.17) is 11.5 Å². The molecule has 0 saturated heterocycles. The summed E-state index contributed by atoms with van der Waals surface area (Å²) in [7, 11) is 0. The molecule has 4 aromatic carbocycles. The number of carbonyl (C=O) groups is 2. The summed E-state index contributed by atoms with van der Waals surface area (Å²) in [5.41, 5.74) is 7.13. The van der Waals surface area contributed by atoms with Crippen LogP contribution in [0.2, 0.25) is 0 Å². The van der Waals surface area contributed by atoms with Gasteiger partial charge in [-0.2, -0.15) is 0 Å². The van der Waals surface area contributed by atoms with Crippen LogP contribution in [0.3, 0.4) is 0 Å². The van der Waals surface area contributed by atoms with Gasteiger partial charge in [0.2, 0.25) is 0 Å². The Morgan fingerprint density at radius 3 is 1.31 bits per heavy atom. The van der Waals surface area contributed by atoms with Gasteiger partial charge in [0, 0.05) is 0 Å². The third kappa shape index (κ3) is 4.35. The molecule has 4 aromatic rings. The summed E-state index contributed by atoms with van der Waals surface area (Å²) in [5.74, 6) is -0.866. The topological polar surface area (TPSA) is 52.6 Å². The summed E-state index contributed by atoms with van der Waals surface area (Å²) in [6, 6.07) is 28.8. The van der Waals surface area contributed by atoms with Gasteiger partial charge in [0.1, 0.15) is 0 Å². The van der Waals surface area contributed by atoms with E-state index in [1.165, 1.54) is 11.1 Å². The van der Waals surface area contributed by atoms with Crippen LogP contribution in [-0.2, 0) is 44.7 Å². The maximum atomic E-state index is 14.1. The van der Waals surface area contributed by atoms with Gasteiger partial charge in [-0.25, -0.2) is 0 Å².